The van der Waals surface area contributed by atoms with E-state index in [9.17, 15) is 18.4 Å². The Labute approximate surface area is 107 Å². The average Bonchev–Trinajstić information content (AvgIpc) is 2.32. The van der Waals surface area contributed by atoms with Crippen LogP contribution in [0.4, 0.5) is 13.6 Å². The number of ether oxygens (including phenoxy) is 1. The standard InChI is InChI=1S/C12H11F2NO4/c1-2-3-19-12(18)15-6-7-4-8(13)10(11(16)17)9(14)5-7/h2,4-5H,1,3,6H2,(H,15,18)(H,16,17). The lowest BCUT2D eigenvalue weighted by Crippen LogP contribution is -2.24. The minimum absolute atomic E-state index is 0.00646. The topological polar surface area (TPSA) is 75.6 Å². The third kappa shape index (κ3) is 4.06. The van der Waals surface area contributed by atoms with Crippen molar-refractivity contribution in [2.75, 3.05) is 6.61 Å². The number of halogens is 2. The molecule has 1 rings (SSSR count). The van der Waals surface area contributed by atoms with Crippen molar-refractivity contribution in [1.29, 1.82) is 0 Å². The fraction of sp³-hybridized carbons (Fsp3) is 0.167. The minimum atomic E-state index is -1.69. The Morgan fingerprint density at radius 2 is 1.95 bits per heavy atom. The van der Waals surface area contributed by atoms with Crippen molar-refractivity contribution in [3.8, 4) is 0 Å². The maximum atomic E-state index is 13.3. The lowest BCUT2D eigenvalue weighted by Gasteiger charge is -2.07. The van der Waals surface area contributed by atoms with Gasteiger partial charge in [-0.2, -0.15) is 0 Å². The summed E-state index contributed by atoms with van der Waals surface area (Å²) in [6, 6.07) is 1.67. The van der Waals surface area contributed by atoms with Crippen LogP contribution in [-0.2, 0) is 11.3 Å². The highest BCUT2D eigenvalue weighted by atomic mass is 19.1. The van der Waals surface area contributed by atoms with E-state index in [1.165, 1.54) is 6.08 Å². The molecule has 1 aromatic rings. The van der Waals surface area contributed by atoms with Crippen molar-refractivity contribution in [2.24, 2.45) is 0 Å². The van der Waals surface area contributed by atoms with Gasteiger partial charge in [0.15, 0.2) is 0 Å². The number of alkyl carbamates (subject to hydrolysis) is 1. The molecule has 102 valence electrons. The molecule has 0 aliphatic rings. The summed E-state index contributed by atoms with van der Waals surface area (Å²) >= 11 is 0. The molecule has 7 heteroatoms. The first kappa shape index (κ1) is 14.6. The van der Waals surface area contributed by atoms with Crippen LogP contribution in [0.5, 0.6) is 0 Å². The number of nitrogens with one attached hydrogen (secondary N) is 1. The first-order valence-electron chi connectivity index (χ1n) is 5.18. The Hall–Kier alpha value is -2.44. The van der Waals surface area contributed by atoms with E-state index in [1.54, 1.807) is 0 Å². The van der Waals surface area contributed by atoms with Gasteiger partial charge < -0.3 is 15.2 Å². The molecule has 0 bridgehead atoms. The number of carboxylic acid groups (broad SMARTS) is 1. The highest BCUT2D eigenvalue weighted by Gasteiger charge is 2.17. The zero-order valence-electron chi connectivity index (χ0n) is 9.78. The van der Waals surface area contributed by atoms with Gasteiger partial charge >= 0.3 is 12.1 Å². The number of benzene rings is 1. The van der Waals surface area contributed by atoms with Gasteiger partial charge in [0, 0.05) is 6.54 Å². The van der Waals surface area contributed by atoms with Gasteiger partial charge in [-0.15, -0.1) is 0 Å². The SMILES string of the molecule is C=CCOC(=O)NCc1cc(F)c(C(=O)O)c(F)c1. The van der Waals surface area contributed by atoms with Crippen molar-refractivity contribution in [3.63, 3.8) is 0 Å². The van der Waals surface area contributed by atoms with Crippen LogP contribution in [0.15, 0.2) is 24.8 Å². The molecule has 0 unspecified atom stereocenters. The molecule has 2 N–H and O–H groups in total. The molecule has 0 aliphatic carbocycles. The Bertz CT molecular complexity index is 493. The molecule has 5 nitrogen and oxygen atoms in total. The number of aromatic carboxylic acids is 1. The second kappa shape index (κ2) is 6.48. The second-order valence-corrected chi connectivity index (χ2v) is 3.48. The Morgan fingerprint density at radius 3 is 2.42 bits per heavy atom. The lowest BCUT2D eigenvalue weighted by molar-refractivity contribution is 0.0686. The monoisotopic (exact) mass is 271 g/mol. The van der Waals surface area contributed by atoms with E-state index in [4.69, 9.17) is 5.11 Å². The van der Waals surface area contributed by atoms with Crippen molar-refractivity contribution in [2.45, 2.75) is 6.54 Å². The van der Waals surface area contributed by atoms with Gasteiger partial charge in [-0.25, -0.2) is 18.4 Å². The fourth-order valence-corrected chi connectivity index (χ4v) is 1.29. The molecule has 0 spiro atoms. The molecule has 0 aliphatic heterocycles. The molecule has 0 saturated carbocycles. The maximum absolute atomic E-state index is 13.3. The molecule has 0 atom stereocenters. The van der Waals surface area contributed by atoms with Crippen LogP contribution in [0.1, 0.15) is 15.9 Å². The predicted octanol–water partition coefficient (Wildman–Crippen LogP) is 2.08. The van der Waals surface area contributed by atoms with E-state index in [0.29, 0.717) is 0 Å². The quantitative estimate of drug-likeness (QED) is 0.804. The average molecular weight is 271 g/mol. The highest BCUT2D eigenvalue weighted by molar-refractivity contribution is 5.88. The largest absolute Gasteiger partial charge is 0.477 e. The molecule has 1 aromatic carbocycles. The van der Waals surface area contributed by atoms with Gasteiger partial charge in [0.2, 0.25) is 0 Å². The molecule has 0 radical (unpaired) electrons. The van der Waals surface area contributed by atoms with Gasteiger partial charge in [0.05, 0.1) is 0 Å². The van der Waals surface area contributed by atoms with Crippen molar-refractivity contribution < 1.29 is 28.2 Å². The summed E-state index contributed by atoms with van der Waals surface area (Å²) in [5.41, 5.74) is -0.950. The van der Waals surface area contributed by atoms with Crippen LogP contribution in [-0.4, -0.2) is 23.8 Å². The third-order valence-corrected chi connectivity index (χ3v) is 2.08. The van der Waals surface area contributed by atoms with E-state index in [1.807, 2.05) is 0 Å². The van der Waals surface area contributed by atoms with Crippen LogP contribution >= 0.6 is 0 Å². The molecular weight excluding hydrogens is 260 g/mol. The summed E-state index contributed by atoms with van der Waals surface area (Å²) < 4.78 is 31.2. The molecule has 0 aromatic heterocycles. The summed E-state index contributed by atoms with van der Waals surface area (Å²) in [6.07, 6.45) is 0.587. The number of hydrogen-bond acceptors (Lipinski definition) is 3. The van der Waals surface area contributed by atoms with Crippen LogP contribution in [0.3, 0.4) is 0 Å². The maximum Gasteiger partial charge on any atom is 0.407 e. The number of carbonyl (C=O) groups is 2. The summed E-state index contributed by atoms with van der Waals surface area (Å²) in [5.74, 6) is -4.10. The summed E-state index contributed by atoms with van der Waals surface area (Å²) in [6.45, 7) is 3.16. The molecule has 0 saturated heterocycles. The molecule has 19 heavy (non-hydrogen) atoms. The van der Waals surface area contributed by atoms with Gasteiger partial charge in [0.25, 0.3) is 0 Å². The minimum Gasteiger partial charge on any atom is -0.477 e. The summed E-state index contributed by atoms with van der Waals surface area (Å²) in [4.78, 5) is 21.6. The van der Waals surface area contributed by atoms with E-state index in [-0.39, 0.29) is 18.7 Å². The van der Waals surface area contributed by atoms with E-state index >= 15 is 0 Å². The van der Waals surface area contributed by atoms with Gasteiger partial charge in [0.1, 0.15) is 23.8 Å². The third-order valence-electron chi connectivity index (χ3n) is 2.08. The van der Waals surface area contributed by atoms with Gasteiger partial charge in [-0.3, -0.25) is 0 Å². The summed E-state index contributed by atoms with van der Waals surface area (Å²) in [7, 11) is 0. The van der Waals surface area contributed by atoms with Crippen LogP contribution < -0.4 is 5.32 Å². The van der Waals surface area contributed by atoms with Crippen LogP contribution in [0.2, 0.25) is 0 Å². The Balaban J connectivity index is 2.73. The number of carbonyl (C=O) groups excluding carboxylic acids is 1. The van der Waals surface area contributed by atoms with Crippen molar-refractivity contribution in [1.82, 2.24) is 5.32 Å². The number of carboxylic acids is 1. The predicted molar refractivity (Wildman–Crippen MR) is 61.7 cm³/mol. The lowest BCUT2D eigenvalue weighted by atomic mass is 10.1. The normalized spacial score (nSPS) is 9.79. The highest BCUT2D eigenvalue weighted by Crippen LogP contribution is 2.15. The fourth-order valence-electron chi connectivity index (χ4n) is 1.29. The van der Waals surface area contributed by atoms with E-state index in [2.05, 4.69) is 16.6 Å². The Kier molecular flexibility index (Phi) is 4.99. The molecular formula is C12H11F2NO4. The zero-order chi connectivity index (χ0) is 14.4. The Morgan fingerprint density at radius 1 is 1.37 bits per heavy atom. The van der Waals surface area contributed by atoms with Crippen molar-refractivity contribution >= 4 is 12.1 Å². The van der Waals surface area contributed by atoms with Gasteiger partial charge in [-0.05, 0) is 17.7 Å². The van der Waals surface area contributed by atoms with Gasteiger partial charge in [-0.1, -0.05) is 12.7 Å². The number of amides is 1. The first-order chi connectivity index (χ1) is 8.95. The smallest absolute Gasteiger partial charge is 0.407 e. The van der Waals surface area contributed by atoms with Crippen LogP contribution in [0.25, 0.3) is 0 Å². The summed E-state index contributed by atoms with van der Waals surface area (Å²) in [5, 5.41) is 10.8. The zero-order valence-corrected chi connectivity index (χ0v) is 9.78. The van der Waals surface area contributed by atoms with E-state index in [0.717, 1.165) is 12.1 Å². The molecule has 0 fully saturated rings. The molecule has 0 heterocycles. The van der Waals surface area contributed by atoms with Crippen molar-refractivity contribution in [3.05, 3.63) is 47.5 Å². The second-order valence-electron chi connectivity index (χ2n) is 3.48. The van der Waals surface area contributed by atoms with E-state index < -0.39 is 29.3 Å². The molecule has 1 amide bonds. The first-order valence-corrected chi connectivity index (χ1v) is 5.18. The number of rotatable bonds is 5. The number of hydrogen-bond donors (Lipinski definition) is 2. The van der Waals surface area contributed by atoms with Crippen LogP contribution in [0, 0.1) is 11.6 Å².